The van der Waals surface area contributed by atoms with Gasteiger partial charge in [-0.1, -0.05) is 30.3 Å². The van der Waals surface area contributed by atoms with Crippen molar-refractivity contribution < 1.29 is 4.79 Å². The molecule has 1 N–H and O–H groups in total. The Kier molecular flexibility index (Phi) is 4.96. The fourth-order valence-corrected chi connectivity index (χ4v) is 3.81. The van der Waals surface area contributed by atoms with Crippen LogP contribution in [-0.4, -0.2) is 33.6 Å². The maximum absolute atomic E-state index is 12.4. The molecule has 2 fully saturated rings. The number of carbonyl (C=O) groups excluding carboxylic acids is 1. The molecule has 2 aliphatic rings. The second kappa shape index (κ2) is 7.52. The van der Waals surface area contributed by atoms with Crippen molar-refractivity contribution in [1.29, 1.82) is 0 Å². The molecule has 4 rings (SSSR count). The van der Waals surface area contributed by atoms with E-state index in [-0.39, 0.29) is 6.03 Å². The molecular formula is C21H28N4O. The van der Waals surface area contributed by atoms with Crippen LogP contribution in [0.1, 0.15) is 36.3 Å². The molecule has 1 atom stereocenters. The van der Waals surface area contributed by atoms with E-state index in [1.165, 1.54) is 24.4 Å². The zero-order chi connectivity index (χ0) is 17.9. The summed E-state index contributed by atoms with van der Waals surface area (Å²) in [4.78, 5) is 19.0. The molecule has 0 radical (unpaired) electrons. The molecule has 1 saturated heterocycles. The van der Waals surface area contributed by atoms with Crippen LogP contribution in [0.25, 0.3) is 0 Å². The Hall–Kier alpha value is -2.30. The van der Waals surface area contributed by atoms with Crippen molar-refractivity contribution in [1.82, 2.24) is 19.8 Å². The van der Waals surface area contributed by atoms with Gasteiger partial charge in [0.1, 0.15) is 5.82 Å². The van der Waals surface area contributed by atoms with Crippen molar-refractivity contribution in [2.24, 2.45) is 11.8 Å². The van der Waals surface area contributed by atoms with Gasteiger partial charge in [0.2, 0.25) is 0 Å². The summed E-state index contributed by atoms with van der Waals surface area (Å²) < 4.78 is 2.40. The Morgan fingerprint density at radius 2 is 2.00 bits per heavy atom. The van der Waals surface area contributed by atoms with Crippen LogP contribution in [0.3, 0.4) is 0 Å². The van der Waals surface area contributed by atoms with Gasteiger partial charge < -0.3 is 14.8 Å². The van der Waals surface area contributed by atoms with Gasteiger partial charge in [0.15, 0.2) is 0 Å². The van der Waals surface area contributed by atoms with E-state index in [2.05, 4.69) is 21.8 Å². The third-order valence-corrected chi connectivity index (χ3v) is 5.61. The van der Waals surface area contributed by atoms with Gasteiger partial charge in [-0.2, -0.15) is 0 Å². The van der Waals surface area contributed by atoms with Gasteiger partial charge in [0.25, 0.3) is 0 Å². The van der Waals surface area contributed by atoms with Gasteiger partial charge in [-0.25, -0.2) is 9.78 Å². The van der Waals surface area contributed by atoms with Crippen LogP contribution in [0.2, 0.25) is 0 Å². The number of nitrogens with one attached hydrogen (secondary N) is 1. The van der Waals surface area contributed by atoms with Crippen molar-refractivity contribution in [2.75, 3.05) is 13.1 Å². The van der Waals surface area contributed by atoms with E-state index >= 15 is 0 Å². The fourth-order valence-electron chi connectivity index (χ4n) is 3.81. The lowest BCUT2D eigenvalue weighted by Crippen LogP contribution is -2.38. The SMILES string of the molecule is Cc1cnc(CC2CCN(C(=O)NCc3ccccc3)C2)n1CC1CC1. The van der Waals surface area contributed by atoms with Crippen LogP contribution in [-0.2, 0) is 19.5 Å². The third-order valence-electron chi connectivity index (χ3n) is 5.61. The van der Waals surface area contributed by atoms with E-state index in [9.17, 15) is 4.79 Å². The molecule has 1 unspecified atom stereocenters. The van der Waals surface area contributed by atoms with Crippen LogP contribution in [0.5, 0.6) is 0 Å². The number of benzene rings is 1. The molecule has 26 heavy (non-hydrogen) atoms. The van der Waals surface area contributed by atoms with Gasteiger partial charge in [0.05, 0.1) is 0 Å². The Bertz CT molecular complexity index is 751. The molecule has 1 aromatic carbocycles. The first kappa shape index (κ1) is 17.1. The molecule has 5 heteroatoms. The normalized spacial score (nSPS) is 19.7. The Morgan fingerprint density at radius 3 is 2.77 bits per heavy atom. The second-order valence-corrected chi connectivity index (χ2v) is 7.82. The van der Waals surface area contributed by atoms with E-state index < -0.39 is 0 Å². The molecule has 0 spiro atoms. The maximum Gasteiger partial charge on any atom is 0.317 e. The Labute approximate surface area is 155 Å². The first-order chi connectivity index (χ1) is 12.7. The first-order valence-corrected chi connectivity index (χ1v) is 9.76. The molecule has 2 aromatic rings. The highest BCUT2D eigenvalue weighted by atomic mass is 16.2. The summed E-state index contributed by atoms with van der Waals surface area (Å²) in [5.74, 6) is 2.56. The maximum atomic E-state index is 12.4. The Balaban J connectivity index is 1.29. The number of nitrogens with zero attached hydrogens (tertiary/aromatic N) is 3. The number of hydrogen-bond donors (Lipinski definition) is 1. The summed E-state index contributed by atoms with van der Waals surface area (Å²) in [7, 11) is 0. The van der Waals surface area contributed by atoms with Crippen LogP contribution in [0.15, 0.2) is 36.5 Å². The molecule has 1 aliphatic carbocycles. The summed E-state index contributed by atoms with van der Waals surface area (Å²) in [6.07, 6.45) is 6.75. The number of hydrogen-bond acceptors (Lipinski definition) is 2. The second-order valence-electron chi connectivity index (χ2n) is 7.82. The quantitative estimate of drug-likeness (QED) is 0.866. The molecule has 2 amide bonds. The zero-order valence-electron chi connectivity index (χ0n) is 15.5. The van der Waals surface area contributed by atoms with Crippen molar-refractivity contribution >= 4 is 6.03 Å². The average Bonchev–Trinajstić information content (AvgIpc) is 3.26. The van der Waals surface area contributed by atoms with Gasteiger partial charge in [-0.3, -0.25) is 0 Å². The third kappa shape index (κ3) is 4.09. The Morgan fingerprint density at radius 1 is 1.19 bits per heavy atom. The number of urea groups is 1. The zero-order valence-corrected chi connectivity index (χ0v) is 15.5. The minimum Gasteiger partial charge on any atom is -0.334 e. The van der Waals surface area contributed by atoms with Crippen molar-refractivity contribution in [2.45, 2.75) is 45.7 Å². The highest BCUT2D eigenvalue weighted by molar-refractivity contribution is 5.74. The number of carbonyl (C=O) groups is 1. The summed E-state index contributed by atoms with van der Waals surface area (Å²) in [6.45, 7) is 5.53. The van der Waals surface area contributed by atoms with Crippen LogP contribution in [0, 0.1) is 18.8 Å². The lowest BCUT2D eigenvalue weighted by molar-refractivity contribution is 0.206. The largest absolute Gasteiger partial charge is 0.334 e. The van der Waals surface area contributed by atoms with Gasteiger partial charge in [-0.15, -0.1) is 0 Å². The number of aromatic nitrogens is 2. The molecule has 0 bridgehead atoms. The van der Waals surface area contributed by atoms with E-state index in [1.54, 1.807) is 0 Å². The molecule has 2 heterocycles. The van der Waals surface area contributed by atoms with E-state index in [1.807, 2.05) is 41.4 Å². The average molecular weight is 352 g/mol. The summed E-state index contributed by atoms with van der Waals surface area (Å²) in [5, 5.41) is 3.04. The molecule has 1 aliphatic heterocycles. The molecule has 1 aromatic heterocycles. The summed E-state index contributed by atoms with van der Waals surface area (Å²) in [5.41, 5.74) is 2.40. The van der Waals surface area contributed by atoms with Crippen molar-refractivity contribution in [3.05, 3.63) is 53.6 Å². The first-order valence-electron chi connectivity index (χ1n) is 9.76. The lowest BCUT2D eigenvalue weighted by atomic mass is 10.0. The predicted octanol–water partition coefficient (Wildman–Crippen LogP) is 3.38. The number of rotatable bonds is 6. The minimum absolute atomic E-state index is 0.0499. The highest BCUT2D eigenvalue weighted by Gasteiger charge is 2.29. The lowest BCUT2D eigenvalue weighted by Gasteiger charge is -2.18. The summed E-state index contributed by atoms with van der Waals surface area (Å²) in [6, 6.07) is 10.1. The summed E-state index contributed by atoms with van der Waals surface area (Å²) >= 11 is 0. The fraction of sp³-hybridized carbons (Fsp3) is 0.524. The molecule has 5 nitrogen and oxygen atoms in total. The van der Waals surface area contributed by atoms with E-state index in [0.29, 0.717) is 12.5 Å². The number of aryl methyl sites for hydroxylation is 1. The van der Waals surface area contributed by atoms with E-state index in [0.717, 1.165) is 44.0 Å². The number of imidazole rings is 1. The molecule has 138 valence electrons. The van der Waals surface area contributed by atoms with Gasteiger partial charge in [-0.05, 0) is 43.6 Å². The molecule has 1 saturated carbocycles. The minimum atomic E-state index is 0.0499. The van der Waals surface area contributed by atoms with Gasteiger partial charge >= 0.3 is 6.03 Å². The molecular weight excluding hydrogens is 324 g/mol. The van der Waals surface area contributed by atoms with Gasteiger partial charge in [0, 0.05) is 44.5 Å². The monoisotopic (exact) mass is 352 g/mol. The number of amides is 2. The number of likely N-dealkylation sites (tertiary alicyclic amines) is 1. The topological polar surface area (TPSA) is 50.2 Å². The van der Waals surface area contributed by atoms with Crippen molar-refractivity contribution in [3.8, 4) is 0 Å². The van der Waals surface area contributed by atoms with Crippen molar-refractivity contribution in [3.63, 3.8) is 0 Å². The predicted molar refractivity (Wildman–Crippen MR) is 102 cm³/mol. The van der Waals surface area contributed by atoms with Crippen LogP contribution in [0.4, 0.5) is 4.79 Å². The van der Waals surface area contributed by atoms with Crippen LogP contribution >= 0.6 is 0 Å². The smallest absolute Gasteiger partial charge is 0.317 e. The van der Waals surface area contributed by atoms with Crippen LogP contribution < -0.4 is 5.32 Å². The standard InChI is InChI=1S/C21H28N4O/c1-16-12-22-20(25(16)15-18-7-8-18)11-19-9-10-24(14-19)21(26)23-13-17-5-3-2-4-6-17/h2-6,12,18-19H,7-11,13-15H2,1H3,(H,23,26). The highest BCUT2D eigenvalue weighted by Crippen LogP contribution is 2.32. The van der Waals surface area contributed by atoms with E-state index in [4.69, 9.17) is 0 Å².